The molecule has 1 saturated heterocycles. The van der Waals surface area contributed by atoms with Crippen molar-refractivity contribution in [2.75, 3.05) is 40.6 Å². The molecule has 0 spiro atoms. The van der Waals surface area contributed by atoms with Gasteiger partial charge in [-0.3, -0.25) is 4.90 Å². The zero-order valence-electron chi connectivity index (χ0n) is 8.08. The molecule has 0 aromatic rings. The first-order chi connectivity index (χ1) is 5.83. The number of hydrogen-bond donors (Lipinski definition) is 0. The highest BCUT2D eigenvalue weighted by molar-refractivity contribution is 4.65. The van der Waals surface area contributed by atoms with E-state index in [1.165, 1.54) is 12.8 Å². The van der Waals surface area contributed by atoms with E-state index in [2.05, 4.69) is 11.9 Å². The molecule has 0 aliphatic carbocycles. The molecule has 0 aromatic carbocycles. The van der Waals surface area contributed by atoms with Crippen LogP contribution in [0.25, 0.3) is 0 Å². The van der Waals surface area contributed by atoms with Gasteiger partial charge in [-0.05, 0) is 25.8 Å². The second-order valence-corrected chi connectivity index (χ2v) is 3.51. The van der Waals surface area contributed by atoms with Crippen LogP contribution in [-0.2, 0) is 9.47 Å². The fourth-order valence-corrected chi connectivity index (χ4v) is 1.64. The summed E-state index contributed by atoms with van der Waals surface area (Å²) in [6.45, 7) is 3.74. The van der Waals surface area contributed by atoms with Crippen LogP contribution in [0.5, 0.6) is 0 Å². The van der Waals surface area contributed by atoms with Gasteiger partial charge in [-0.25, -0.2) is 0 Å². The maximum Gasteiger partial charge on any atom is 0.0984 e. The van der Waals surface area contributed by atoms with E-state index in [4.69, 9.17) is 9.47 Å². The molecule has 0 radical (unpaired) electrons. The smallest absolute Gasteiger partial charge is 0.0984 e. The summed E-state index contributed by atoms with van der Waals surface area (Å²) in [7, 11) is 3.83. The third kappa shape index (κ3) is 3.52. The third-order valence-electron chi connectivity index (χ3n) is 2.26. The van der Waals surface area contributed by atoms with Gasteiger partial charge in [0.05, 0.1) is 6.73 Å². The average molecular weight is 173 g/mol. The Morgan fingerprint density at radius 2 is 2.08 bits per heavy atom. The lowest BCUT2D eigenvalue weighted by atomic mass is 10.0. The van der Waals surface area contributed by atoms with E-state index in [0.717, 1.165) is 32.4 Å². The van der Waals surface area contributed by atoms with Gasteiger partial charge < -0.3 is 9.47 Å². The van der Waals surface area contributed by atoms with Gasteiger partial charge in [-0.15, -0.1) is 0 Å². The van der Waals surface area contributed by atoms with Crippen LogP contribution in [0, 0.1) is 5.92 Å². The molecule has 0 N–H and O–H groups in total. The molecular formula is C9H19NO2. The van der Waals surface area contributed by atoms with Crippen molar-refractivity contribution < 1.29 is 9.47 Å². The number of hydrogen-bond acceptors (Lipinski definition) is 3. The van der Waals surface area contributed by atoms with Crippen molar-refractivity contribution in [3.05, 3.63) is 0 Å². The zero-order chi connectivity index (χ0) is 8.81. The third-order valence-corrected chi connectivity index (χ3v) is 2.26. The van der Waals surface area contributed by atoms with Crippen molar-refractivity contribution in [1.82, 2.24) is 4.90 Å². The number of rotatable bonds is 4. The highest BCUT2D eigenvalue weighted by Gasteiger charge is 2.15. The topological polar surface area (TPSA) is 21.7 Å². The molecule has 0 bridgehead atoms. The summed E-state index contributed by atoms with van der Waals surface area (Å²) in [4.78, 5) is 2.22. The molecule has 1 fully saturated rings. The minimum Gasteiger partial charge on any atom is -0.381 e. The van der Waals surface area contributed by atoms with Crippen LogP contribution < -0.4 is 0 Å². The Hall–Kier alpha value is -0.120. The molecule has 0 amide bonds. The molecule has 1 rings (SSSR count). The predicted molar refractivity (Wildman–Crippen MR) is 48.0 cm³/mol. The number of ether oxygens (including phenoxy) is 2. The van der Waals surface area contributed by atoms with Gasteiger partial charge in [0, 0.05) is 26.9 Å². The molecule has 1 aliphatic rings. The van der Waals surface area contributed by atoms with Gasteiger partial charge >= 0.3 is 0 Å². The highest BCUT2D eigenvalue weighted by Crippen LogP contribution is 2.15. The monoisotopic (exact) mass is 173 g/mol. The predicted octanol–water partition coefficient (Wildman–Crippen LogP) is 0.949. The molecule has 0 atom stereocenters. The van der Waals surface area contributed by atoms with Crippen molar-refractivity contribution in [1.29, 1.82) is 0 Å². The minimum absolute atomic E-state index is 0.733. The van der Waals surface area contributed by atoms with Crippen molar-refractivity contribution >= 4 is 0 Å². The van der Waals surface area contributed by atoms with E-state index >= 15 is 0 Å². The first-order valence-corrected chi connectivity index (χ1v) is 4.58. The largest absolute Gasteiger partial charge is 0.381 e. The van der Waals surface area contributed by atoms with Crippen LogP contribution in [0.2, 0.25) is 0 Å². The van der Waals surface area contributed by atoms with Crippen LogP contribution >= 0.6 is 0 Å². The molecule has 0 unspecified atom stereocenters. The number of nitrogens with zero attached hydrogens (tertiary/aromatic N) is 1. The Morgan fingerprint density at radius 3 is 2.67 bits per heavy atom. The van der Waals surface area contributed by atoms with E-state index in [1.807, 2.05) is 0 Å². The molecule has 72 valence electrons. The summed E-state index contributed by atoms with van der Waals surface area (Å²) in [6, 6.07) is 0. The first kappa shape index (κ1) is 9.96. The second kappa shape index (κ2) is 5.51. The Morgan fingerprint density at radius 1 is 1.42 bits per heavy atom. The maximum absolute atomic E-state index is 5.29. The molecule has 1 aliphatic heterocycles. The Kier molecular flexibility index (Phi) is 4.58. The van der Waals surface area contributed by atoms with Gasteiger partial charge in [-0.2, -0.15) is 0 Å². The standard InChI is InChI=1S/C9H19NO2/c1-10(8-11-2)7-9-3-5-12-6-4-9/h9H,3-8H2,1-2H3. The first-order valence-electron chi connectivity index (χ1n) is 4.58. The van der Waals surface area contributed by atoms with Crippen molar-refractivity contribution in [3.63, 3.8) is 0 Å². The molecule has 0 saturated carbocycles. The van der Waals surface area contributed by atoms with E-state index in [1.54, 1.807) is 7.11 Å². The summed E-state index contributed by atoms with van der Waals surface area (Å²) in [5, 5.41) is 0. The summed E-state index contributed by atoms with van der Waals surface area (Å²) in [5.74, 6) is 0.805. The normalized spacial score (nSPS) is 20.2. The fourth-order valence-electron chi connectivity index (χ4n) is 1.64. The van der Waals surface area contributed by atoms with Crippen molar-refractivity contribution in [2.24, 2.45) is 5.92 Å². The molecule has 3 heteroatoms. The SMILES string of the molecule is COCN(C)CC1CCOCC1. The van der Waals surface area contributed by atoms with Crippen LogP contribution in [-0.4, -0.2) is 45.5 Å². The van der Waals surface area contributed by atoms with E-state index in [0.29, 0.717) is 0 Å². The summed E-state index contributed by atoms with van der Waals surface area (Å²) >= 11 is 0. The van der Waals surface area contributed by atoms with Crippen LogP contribution in [0.1, 0.15) is 12.8 Å². The molecule has 12 heavy (non-hydrogen) atoms. The Labute approximate surface area is 74.6 Å². The quantitative estimate of drug-likeness (QED) is 0.591. The van der Waals surface area contributed by atoms with Gasteiger partial charge in [-0.1, -0.05) is 0 Å². The molecule has 1 heterocycles. The van der Waals surface area contributed by atoms with Crippen molar-refractivity contribution in [2.45, 2.75) is 12.8 Å². The Balaban J connectivity index is 2.11. The lowest BCUT2D eigenvalue weighted by Crippen LogP contribution is -2.30. The van der Waals surface area contributed by atoms with Crippen LogP contribution in [0.15, 0.2) is 0 Å². The fraction of sp³-hybridized carbons (Fsp3) is 1.00. The Bertz CT molecular complexity index is 113. The van der Waals surface area contributed by atoms with E-state index in [9.17, 15) is 0 Å². The van der Waals surface area contributed by atoms with Crippen LogP contribution in [0.4, 0.5) is 0 Å². The van der Waals surface area contributed by atoms with Crippen molar-refractivity contribution in [3.8, 4) is 0 Å². The molecular weight excluding hydrogens is 154 g/mol. The summed E-state index contributed by atoms with van der Waals surface area (Å²) in [6.07, 6.45) is 2.40. The van der Waals surface area contributed by atoms with Gasteiger partial charge in [0.2, 0.25) is 0 Å². The lowest BCUT2D eigenvalue weighted by Gasteiger charge is -2.26. The van der Waals surface area contributed by atoms with Crippen LogP contribution in [0.3, 0.4) is 0 Å². The van der Waals surface area contributed by atoms with Gasteiger partial charge in [0.1, 0.15) is 0 Å². The zero-order valence-corrected chi connectivity index (χ0v) is 8.08. The average Bonchev–Trinajstić information content (AvgIpc) is 2.06. The molecule has 0 aromatic heterocycles. The van der Waals surface area contributed by atoms with Gasteiger partial charge in [0.15, 0.2) is 0 Å². The van der Waals surface area contributed by atoms with Gasteiger partial charge in [0.25, 0.3) is 0 Å². The second-order valence-electron chi connectivity index (χ2n) is 3.51. The van der Waals surface area contributed by atoms with E-state index in [-0.39, 0.29) is 0 Å². The summed E-state index contributed by atoms with van der Waals surface area (Å²) in [5.41, 5.74) is 0. The number of methoxy groups -OCH3 is 1. The minimum atomic E-state index is 0.733. The molecule has 3 nitrogen and oxygen atoms in total. The van der Waals surface area contributed by atoms with E-state index < -0.39 is 0 Å². The maximum atomic E-state index is 5.29. The summed E-state index contributed by atoms with van der Waals surface area (Å²) < 4.78 is 10.3. The lowest BCUT2D eigenvalue weighted by molar-refractivity contribution is 0.0296. The highest BCUT2D eigenvalue weighted by atomic mass is 16.5.